The van der Waals surface area contributed by atoms with Crippen LogP contribution in [-0.2, 0) is 15.7 Å². The normalized spacial score (nSPS) is 25.8. The average Bonchev–Trinajstić information content (AvgIpc) is 3.37. The largest absolute Gasteiger partial charge is 0.439 e. The van der Waals surface area contributed by atoms with E-state index in [2.05, 4.69) is 4.99 Å². The first kappa shape index (κ1) is 18.9. The van der Waals surface area contributed by atoms with E-state index in [4.69, 9.17) is 4.74 Å². The van der Waals surface area contributed by atoms with E-state index in [1.165, 1.54) is 12.1 Å². The number of ether oxygens (including phenoxy) is 1. The molecule has 0 aromatic heterocycles. The van der Waals surface area contributed by atoms with Crippen molar-refractivity contribution < 1.29 is 22.7 Å². The summed E-state index contributed by atoms with van der Waals surface area (Å²) in [5, 5.41) is 0. The number of ketones is 1. The van der Waals surface area contributed by atoms with Crippen LogP contribution in [-0.4, -0.2) is 17.7 Å². The third-order valence-corrected chi connectivity index (χ3v) is 5.54. The second kappa shape index (κ2) is 6.97. The van der Waals surface area contributed by atoms with E-state index >= 15 is 0 Å². The molecule has 2 unspecified atom stereocenters. The van der Waals surface area contributed by atoms with Gasteiger partial charge in [-0.2, -0.15) is 13.2 Å². The number of rotatable bonds is 3. The Labute approximate surface area is 171 Å². The first-order chi connectivity index (χ1) is 14.4. The van der Waals surface area contributed by atoms with Crippen LogP contribution in [0.1, 0.15) is 46.9 Å². The molecule has 3 nitrogen and oxygen atoms in total. The summed E-state index contributed by atoms with van der Waals surface area (Å²) in [6, 6.07) is 12.8. The van der Waals surface area contributed by atoms with Crippen LogP contribution in [0, 0.1) is 0 Å². The zero-order valence-corrected chi connectivity index (χ0v) is 15.9. The lowest BCUT2D eigenvalue weighted by Crippen LogP contribution is -2.15. The zero-order chi connectivity index (χ0) is 20.9. The van der Waals surface area contributed by atoms with Crippen LogP contribution in [0.25, 0.3) is 6.08 Å². The van der Waals surface area contributed by atoms with Gasteiger partial charge in [-0.1, -0.05) is 54.6 Å². The number of benzene rings is 2. The highest BCUT2D eigenvalue weighted by Gasteiger charge is 2.42. The first-order valence-corrected chi connectivity index (χ1v) is 9.86. The van der Waals surface area contributed by atoms with Gasteiger partial charge in [0, 0.05) is 5.92 Å². The molecule has 2 fully saturated rings. The van der Waals surface area contributed by atoms with Crippen LogP contribution in [0.3, 0.4) is 0 Å². The van der Waals surface area contributed by atoms with Gasteiger partial charge in [0.2, 0.25) is 11.7 Å². The molecule has 2 aromatic rings. The maximum atomic E-state index is 13.2. The van der Waals surface area contributed by atoms with Crippen molar-refractivity contribution in [2.75, 3.05) is 0 Å². The van der Waals surface area contributed by atoms with Gasteiger partial charge in [0.25, 0.3) is 0 Å². The molecule has 1 aliphatic heterocycles. The molecule has 0 radical (unpaired) electrons. The molecule has 0 bridgehead atoms. The second-order valence-electron chi connectivity index (χ2n) is 7.77. The Hall–Kier alpha value is -3.15. The van der Waals surface area contributed by atoms with Crippen LogP contribution in [0.4, 0.5) is 13.2 Å². The Morgan fingerprint density at radius 3 is 2.63 bits per heavy atom. The minimum atomic E-state index is -4.48. The average molecular weight is 409 g/mol. The molecule has 1 heterocycles. The maximum absolute atomic E-state index is 13.2. The summed E-state index contributed by atoms with van der Waals surface area (Å²) in [6.45, 7) is 0. The van der Waals surface area contributed by atoms with Gasteiger partial charge in [-0.05, 0) is 41.7 Å². The molecule has 0 amide bonds. The highest BCUT2D eigenvalue weighted by Crippen LogP contribution is 2.39. The van der Waals surface area contributed by atoms with Gasteiger partial charge in [-0.25, -0.2) is 0 Å². The first-order valence-electron chi connectivity index (χ1n) is 9.86. The molecule has 3 aliphatic rings. The van der Waals surface area contributed by atoms with E-state index in [-0.39, 0.29) is 35.0 Å². The molecule has 152 valence electrons. The number of carbonyl (C=O) groups is 1. The molecule has 30 heavy (non-hydrogen) atoms. The Bertz CT molecular complexity index is 1110. The van der Waals surface area contributed by atoms with Crippen LogP contribution < -0.4 is 0 Å². The van der Waals surface area contributed by atoms with Crippen molar-refractivity contribution in [1.29, 1.82) is 0 Å². The summed E-state index contributed by atoms with van der Waals surface area (Å²) >= 11 is 0. The zero-order valence-electron chi connectivity index (χ0n) is 15.9. The lowest BCUT2D eigenvalue weighted by molar-refractivity contribution is -0.137. The molecule has 2 aliphatic carbocycles. The van der Waals surface area contributed by atoms with Crippen LogP contribution in [0.15, 0.2) is 71.4 Å². The van der Waals surface area contributed by atoms with E-state index in [1.807, 2.05) is 36.4 Å². The highest BCUT2D eigenvalue weighted by molar-refractivity contribution is 6.19. The minimum absolute atomic E-state index is 0.0764. The van der Waals surface area contributed by atoms with Crippen molar-refractivity contribution in [2.45, 2.75) is 36.9 Å². The number of carbonyl (C=O) groups excluding carboxylic acids is 1. The topological polar surface area (TPSA) is 38.7 Å². The van der Waals surface area contributed by atoms with Crippen molar-refractivity contribution in [3.63, 3.8) is 0 Å². The van der Waals surface area contributed by atoms with E-state index in [1.54, 1.807) is 6.08 Å². The molecular formula is C24H18F3NO2. The number of Topliss-reactive ketones (excluding diaryl/α,β-unsaturated/α-hetero) is 1. The van der Waals surface area contributed by atoms with Crippen molar-refractivity contribution >= 4 is 17.8 Å². The quantitative estimate of drug-likeness (QED) is 0.615. The van der Waals surface area contributed by atoms with Gasteiger partial charge >= 0.3 is 6.18 Å². The third kappa shape index (κ3) is 3.47. The number of halogens is 3. The molecule has 0 spiro atoms. The molecule has 0 N–H and O–H groups in total. The number of hydrogen-bond acceptors (Lipinski definition) is 3. The number of alkyl halides is 3. The van der Waals surface area contributed by atoms with Crippen molar-refractivity contribution in [1.82, 2.24) is 0 Å². The Morgan fingerprint density at radius 1 is 1.07 bits per heavy atom. The van der Waals surface area contributed by atoms with E-state index < -0.39 is 17.7 Å². The van der Waals surface area contributed by atoms with Crippen LogP contribution in [0.2, 0.25) is 0 Å². The van der Waals surface area contributed by atoms with Gasteiger partial charge in [0.15, 0.2) is 5.76 Å². The molecule has 2 atom stereocenters. The van der Waals surface area contributed by atoms with Gasteiger partial charge in [-0.15, -0.1) is 0 Å². The lowest BCUT2D eigenvalue weighted by atomic mass is 9.92. The van der Waals surface area contributed by atoms with Crippen molar-refractivity contribution in [2.24, 2.45) is 4.99 Å². The summed E-state index contributed by atoms with van der Waals surface area (Å²) in [7, 11) is 0. The fraction of sp³-hybridized carbons (Fsp3) is 0.250. The Balaban J connectivity index is 1.52. The summed E-state index contributed by atoms with van der Waals surface area (Å²) in [5.74, 6) is -1.08. The Kier molecular flexibility index (Phi) is 4.38. The van der Waals surface area contributed by atoms with E-state index in [0.717, 1.165) is 36.1 Å². The summed E-state index contributed by atoms with van der Waals surface area (Å²) in [4.78, 5) is 17.7. The van der Waals surface area contributed by atoms with Crippen molar-refractivity contribution in [3.8, 4) is 0 Å². The minimum Gasteiger partial charge on any atom is -0.439 e. The standard InChI is InChI=1S/C24H18F3NO2/c25-24(26,27)17-6-3-5-16(12-17)21-22(29)20(30-23(21)28-18-10-11-18)13-15-9-8-14-4-1-2-7-19(14)15/h1-9,12-13,15,18,21H,10-11H2. The Morgan fingerprint density at radius 2 is 1.87 bits per heavy atom. The van der Waals surface area contributed by atoms with Gasteiger partial charge in [0.05, 0.1) is 11.6 Å². The van der Waals surface area contributed by atoms with Gasteiger partial charge in [-0.3, -0.25) is 9.79 Å². The molecule has 2 aromatic carbocycles. The summed E-state index contributed by atoms with van der Waals surface area (Å²) < 4.78 is 45.4. The summed E-state index contributed by atoms with van der Waals surface area (Å²) in [6.07, 6.45) is 3.01. The summed E-state index contributed by atoms with van der Waals surface area (Å²) in [5.41, 5.74) is 1.60. The van der Waals surface area contributed by atoms with Crippen molar-refractivity contribution in [3.05, 3.63) is 88.7 Å². The highest BCUT2D eigenvalue weighted by atomic mass is 19.4. The second-order valence-corrected chi connectivity index (χ2v) is 7.77. The van der Waals surface area contributed by atoms with E-state index in [0.29, 0.717) is 0 Å². The number of fused-ring (bicyclic) bond motifs is 1. The number of aliphatic imine (C=N–C) groups is 1. The number of hydrogen-bond donors (Lipinski definition) is 0. The predicted octanol–water partition coefficient (Wildman–Crippen LogP) is 5.64. The third-order valence-electron chi connectivity index (χ3n) is 5.54. The fourth-order valence-electron chi connectivity index (χ4n) is 3.85. The molecular weight excluding hydrogens is 391 g/mol. The maximum Gasteiger partial charge on any atom is 0.416 e. The number of nitrogens with zero attached hydrogens (tertiary/aromatic N) is 1. The van der Waals surface area contributed by atoms with E-state index in [9.17, 15) is 18.0 Å². The van der Waals surface area contributed by atoms with Crippen LogP contribution >= 0.6 is 0 Å². The molecule has 1 saturated heterocycles. The van der Waals surface area contributed by atoms with Crippen LogP contribution in [0.5, 0.6) is 0 Å². The molecule has 5 rings (SSSR count). The monoisotopic (exact) mass is 409 g/mol. The molecule has 1 saturated carbocycles. The fourth-order valence-corrected chi connectivity index (χ4v) is 3.85. The molecule has 6 heteroatoms. The van der Waals surface area contributed by atoms with Gasteiger partial charge in [0.1, 0.15) is 5.92 Å². The number of allylic oxidation sites excluding steroid dienone is 3. The SMILES string of the molecule is O=C1C(=CC2C=Cc3ccccc32)OC(=NC2CC2)C1c1cccc(C(F)(F)F)c1. The lowest BCUT2D eigenvalue weighted by Gasteiger charge is -2.11. The predicted molar refractivity (Wildman–Crippen MR) is 107 cm³/mol. The van der Waals surface area contributed by atoms with Gasteiger partial charge < -0.3 is 4.74 Å². The smallest absolute Gasteiger partial charge is 0.416 e.